The lowest BCUT2D eigenvalue weighted by molar-refractivity contribution is 0.0454. The van der Waals surface area contributed by atoms with Crippen LogP contribution in [0.4, 0.5) is 11.4 Å². The van der Waals surface area contributed by atoms with Crippen molar-refractivity contribution in [2.24, 2.45) is 35.5 Å². The number of nitrogens with zero attached hydrogens (tertiary/aromatic N) is 2. The van der Waals surface area contributed by atoms with Crippen LogP contribution in [-0.4, -0.2) is 127 Å². The van der Waals surface area contributed by atoms with E-state index in [4.69, 9.17) is 42.1 Å². The summed E-state index contributed by atoms with van der Waals surface area (Å²) < 4.78 is 84.1. The molecule has 4 bridgehead atoms. The van der Waals surface area contributed by atoms with Crippen molar-refractivity contribution < 1.29 is 55.6 Å². The largest absolute Gasteiger partial charge is 0.490 e. The number of benzene rings is 4. The molecule has 496 valence electrons. The number of aliphatic hydroxyl groups is 2. The third-order valence-corrected chi connectivity index (χ3v) is 26.6. The summed E-state index contributed by atoms with van der Waals surface area (Å²) in [5.74, 6) is 1.41. The van der Waals surface area contributed by atoms with E-state index in [1.807, 2.05) is 48.6 Å². The number of hydrogen-bond donors (Lipinski definition) is 4. The van der Waals surface area contributed by atoms with Gasteiger partial charge in [-0.1, -0.05) is 59.6 Å². The van der Waals surface area contributed by atoms with Crippen molar-refractivity contribution in [3.05, 3.63) is 141 Å². The highest BCUT2D eigenvalue weighted by atomic mass is 35.5. The number of sulfonamides is 2. The Morgan fingerprint density at radius 2 is 0.957 bits per heavy atom. The van der Waals surface area contributed by atoms with Crippen molar-refractivity contribution in [1.82, 2.24) is 9.44 Å². The third kappa shape index (κ3) is 14.2. The molecule has 0 unspecified atom stereocenters. The Balaban J connectivity index is 0.000000168. The maximum absolute atomic E-state index is 13.8. The quantitative estimate of drug-likeness (QED) is 0.140. The molecule has 2 saturated carbocycles. The van der Waals surface area contributed by atoms with Crippen LogP contribution in [0.15, 0.2) is 97.1 Å². The number of aliphatic hydroxyl groups excluding tert-OH is 2. The number of halogens is 2. The predicted octanol–water partition coefficient (Wildman–Crippen LogP) is 11.6. The molecule has 2 saturated heterocycles. The first kappa shape index (κ1) is 65.5. The summed E-state index contributed by atoms with van der Waals surface area (Å²) in [6.45, 7) is 6.34. The second kappa shape index (κ2) is 27.9. The van der Waals surface area contributed by atoms with Crippen LogP contribution in [0, 0.1) is 35.5 Å². The Hall–Kier alpha value is -5.18. The summed E-state index contributed by atoms with van der Waals surface area (Å²) in [5.41, 5.74) is 6.68. The van der Waals surface area contributed by atoms with E-state index in [0.29, 0.717) is 127 Å². The molecule has 0 radical (unpaired) electrons. The highest BCUT2D eigenvalue weighted by Crippen LogP contribution is 2.50. The molecule has 92 heavy (non-hydrogen) atoms. The third-order valence-electron chi connectivity index (χ3n) is 22.5. The second-order valence-corrected chi connectivity index (χ2v) is 33.1. The van der Waals surface area contributed by atoms with Gasteiger partial charge in [-0.2, -0.15) is 0 Å². The number of aryl methyl sites for hydroxylation is 2. The number of rotatable bonds is 4. The van der Waals surface area contributed by atoms with Crippen molar-refractivity contribution >= 4 is 66.4 Å². The van der Waals surface area contributed by atoms with E-state index >= 15 is 0 Å². The molecule has 4 aromatic carbocycles. The van der Waals surface area contributed by atoms with Crippen molar-refractivity contribution in [3.8, 4) is 11.5 Å². The number of carbonyl (C=O) groups excluding carboxylic acids is 2. The molecule has 10 aliphatic rings. The number of ether oxygens (including phenoxy) is 4. The molecule has 2 amide bonds. The van der Waals surface area contributed by atoms with Crippen molar-refractivity contribution in [2.45, 2.75) is 162 Å². The summed E-state index contributed by atoms with van der Waals surface area (Å²) in [5, 5.41) is 22.6. The molecule has 6 heterocycles. The predicted molar refractivity (Wildman–Crippen MR) is 358 cm³/mol. The number of hydrogen-bond acceptors (Lipinski definition) is 14. The summed E-state index contributed by atoms with van der Waals surface area (Å²) in [6, 6.07) is 22.9. The Morgan fingerprint density at radius 1 is 0.533 bits per heavy atom. The second-order valence-electron chi connectivity index (χ2n) is 28.3. The first-order chi connectivity index (χ1) is 44.4. The molecule has 2 spiro atoms. The number of amides is 2. The molecular formula is C72H90Cl2N4O12S2. The van der Waals surface area contributed by atoms with Gasteiger partial charge >= 0.3 is 0 Å². The van der Waals surface area contributed by atoms with Gasteiger partial charge in [0, 0.05) is 84.6 Å². The van der Waals surface area contributed by atoms with E-state index in [9.17, 15) is 36.6 Å². The van der Waals surface area contributed by atoms with Gasteiger partial charge in [-0.25, -0.2) is 26.3 Å². The molecule has 10 atom stereocenters. The molecule has 20 heteroatoms. The van der Waals surface area contributed by atoms with Crippen LogP contribution in [0.2, 0.25) is 10.0 Å². The fourth-order valence-electron chi connectivity index (χ4n) is 17.0. The highest BCUT2D eigenvalue weighted by Gasteiger charge is 2.47. The molecule has 6 aliphatic heterocycles. The van der Waals surface area contributed by atoms with Gasteiger partial charge in [-0.3, -0.25) is 9.59 Å². The molecule has 16 nitrogen and oxygen atoms in total. The van der Waals surface area contributed by atoms with Gasteiger partial charge in [-0.05, 0) is 247 Å². The molecule has 4 aliphatic carbocycles. The van der Waals surface area contributed by atoms with Crippen LogP contribution in [0.25, 0.3) is 0 Å². The van der Waals surface area contributed by atoms with Crippen LogP contribution in [-0.2, 0) is 53.2 Å². The number of allylic oxidation sites excluding steroid dienone is 2. The number of carbonyl (C=O) groups is 2. The minimum Gasteiger partial charge on any atom is -0.490 e. The number of fused-ring (bicyclic) bond motifs is 8. The van der Waals surface area contributed by atoms with Crippen LogP contribution >= 0.6 is 23.2 Å². The lowest BCUT2D eigenvalue weighted by Crippen LogP contribution is -2.49. The van der Waals surface area contributed by atoms with E-state index in [-0.39, 0.29) is 46.3 Å². The molecule has 4 aromatic rings. The Morgan fingerprint density at radius 3 is 1.36 bits per heavy atom. The smallest absolute Gasteiger partial charge is 0.264 e. The minimum atomic E-state index is -3.96. The van der Waals surface area contributed by atoms with Crippen LogP contribution in [0.3, 0.4) is 0 Å². The SMILES string of the molecule is O=C1NS(=O)(=O)[C@@H](CC2CCOCC2)CC/C=C/[C@H](O)[C@@H]2CC[C@H]2CN2C[C@@]3(CCCc4cc(Cl)ccc43)COc3ccc1cc32.O=C1NS(=O)(=O)[C@H](CC2CCOCC2)CC/C=C/[C@H](O)[C@@H]2CC[C@H]2CN2C[C@@]3(CCCc4cc(Cl)ccc43)COc3ccc1cc32. The van der Waals surface area contributed by atoms with E-state index in [2.05, 4.69) is 43.5 Å². The first-order valence-corrected chi connectivity index (χ1v) is 37.8. The van der Waals surface area contributed by atoms with E-state index in [1.165, 1.54) is 22.3 Å². The lowest BCUT2D eigenvalue weighted by atomic mass is 9.68. The molecule has 0 aromatic heterocycles. The zero-order valence-electron chi connectivity index (χ0n) is 52.7. The Labute approximate surface area is 553 Å². The maximum Gasteiger partial charge on any atom is 0.264 e. The zero-order chi connectivity index (χ0) is 63.8. The van der Waals surface area contributed by atoms with Gasteiger partial charge in [0.1, 0.15) is 11.5 Å². The van der Waals surface area contributed by atoms with Crippen molar-refractivity contribution in [2.75, 3.05) is 75.6 Å². The van der Waals surface area contributed by atoms with E-state index in [0.717, 1.165) is 111 Å². The van der Waals surface area contributed by atoms with Gasteiger partial charge in [0.05, 0.1) is 47.3 Å². The Bertz CT molecular complexity index is 3420. The summed E-state index contributed by atoms with van der Waals surface area (Å²) in [6.07, 6.45) is 22.3. The van der Waals surface area contributed by atoms with Gasteiger partial charge in [-0.15, -0.1) is 0 Å². The molecular weight excluding hydrogens is 1250 g/mol. The molecule has 14 rings (SSSR count). The summed E-state index contributed by atoms with van der Waals surface area (Å²) in [7, 11) is -7.93. The minimum absolute atomic E-state index is 0.124. The monoisotopic (exact) mass is 1340 g/mol. The highest BCUT2D eigenvalue weighted by molar-refractivity contribution is 7.91. The first-order valence-electron chi connectivity index (χ1n) is 34.0. The zero-order valence-corrected chi connectivity index (χ0v) is 55.8. The average molecular weight is 1340 g/mol. The van der Waals surface area contributed by atoms with E-state index < -0.39 is 54.6 Å². The average Bonchev–Trinajstić information content (AvgIpc) is 1.49. The van der Waals surface area contributed by atoms with Crippen molar-refractivity contribution in [3.63, 3.8) is 0 Å². The fourth-order valence-corrected chi connectivity index (χ4v) is 20.4. The maximum atomic E-state index is 13.8. The summed E-state index contributed by atoms with van der Waals surface area (Å²) >= 11 is 12.8. The molecule has 4 N–H and O–H groups in total. The van der Waals surface area contributed by atoms with Crippen LogP contribution in [0.1, 0.15) is 159 Å². The van der Waals surface area contributed by atoms with Gasteiger partial charge in [0.15, 0.2) is 0 Å². The van der Waals surface area contributed by atoms with Gasteiger partial charge in [0.25, 0.3) is 11.8 Å². The fraction of sp³-hybridized carbons (Fsp3) is 0.583. The normalized spacial score (nSPS) is 32.2. The summed E-state index contributed by atoms with van der Waals surface area (Å²) in [4.78, 5) is 32.0. The number of nitrogens with one attached hydrogen (secondary N) is 2. The Kier molecular flexibility index (Phi) is 19.8. The molecule has 4 fully saturated rings. The van der Waals surface area contributed by atoms with Gasteiger partial charge < -0.3 is 39.0 Å². The van der Waals surface area contributed by atoms with Gasteiger partial charge in [0.2, 0.25) is 20.0 Å². The number of anilines is 2. The van der Waals surface area contributed by atoms with Crippen molar-refractivity contribution in [1.29, 1.82) is 0 Å². The topological polar surface area (TPSA) is 210 Å². The van der Waals surface area contributed by atoms with Crippen LogP contribution in [0.5, 0.6) is 11.5 Å². The van der Waals surface area contributed by atoms with E-state index in [1.54, 1.807) is 24.3 Å². The lowest BCUT2D eigenvalue weighted by Gasteiger charge is -2.45. The van der Waals surface area contributed by atoms with Crippen LogP contribution < -0.4 is 28.7 Å². The standard InChI is InChI=1S/2C36H45ClN2O6S/c2*37-28-9-11-31-25(19-28)4-3-15-36(31)22-39-21-27-7-10-30(27)33(40)6-2-1-5-29(18-24-13-16-44-17-14-24)46(42,43)38-35(41)26-8-12-34(45-23-36)32(39)20-26/h2*2,6,8-9,11-12,19-20,24,27,29-30,33,40H,1,3-5,7,10,13-18,21-23H2,(H,38,41)/b2*6-2+/t27-,29+,30+,33-,36-;27-,29-,30+,33-,36-/m00/s1.